The van der Waals surface area contributed by atoms with Crippen molar-refractivity contribution in [2.24, 2.45) is 0 Å². The van der Waals surface area contributed by atoms with E-state index >= 15 is 0 Å². The second kappa shape index (κ2) is 4.57. The normalized spacial score (nSPS) is 13.0. The molecule has 0 atom stereocenters. The zero-order valence-corrected chi connectivity index (χ0v) is 14.6. The van der Waals surface area contributed by atoms with Crippen molar-refractivity contribution in [3.05, 3.63) is 84.6 Å². The van der Waals surface area contributed by atoms with Gasteiger partial charge in [0.2, 0.25) is 0 Å². The minimum Gasteiger partial charge on any atom is -0.333 e. The Morgan fingerprint density at radius 2 is 1.41 bits per heavy atom. The van der Waals surface area contributed by atoms with Crippen LogP contribution in [0.15, 0.2) is 79.0 Å². The Kier molecular flexibility index (Phi) is 2.30. The van der Waals surface area contributed by atoms with Gasteiger partial charge in [0.05, 0.1) is 39.8 Å². The fourth-order valence-corrected chi connectivity index (χ4v) is 4.86. The molecule has 0 saturated carbocycles. The predicted molar refractivity (Wildman–Crippen MR) is 111 cm³/mol. The highest BCUT2D eigenvalue weighted by molar-refractivity contribution is 6.21. The van der Waals surface area contributed by atoms with Crippen LogP contribution in [0.3, 0.4) is 0 Å². The van der Waals surface area contributed by atoms with Crippen LogP contribution in [0.4, 0.5) is 0 Å². The van der Waals surface area contributed by atoms with E-state index in [0.717, 1.165) is 12.1 Å². The van der Waals surface area contributed by atoms with Gasteiger partial charge in [-0.05, 0) is 23.8 Å². The fourth-order valence-electron chi connectivity index (χ4n) is 4.86. The van der Waals surface area contributed by atoms with Gasteiger partial charge in [0.25, 0.3) is 0 Å². The maximum Gasteiger partial charge on any atom is 0.0982 e. The third kappa shape index (κ3) is 1.52. The zero-order valence-electron chi connectivity index (χ0n) is 14.6. The number of aromatic nitrogens is 3. The molecule has 0 N–H and O–H groups in total. The average molecular weight is 345 g/mol. The monoisotopic (exact) mass is 345 g/mol. The molecule has 0 spiro atoms. The summed E-state index contributed by atoms with van der Waals surface area (Å²) in [5.41, 5.74) is 8.69. The molecule has 27 heavy (non-hydrogen) atoms. The van der Waals surface area contributed by atoms with Crippen LogP contribution in [-0.2, 0) is 6.54 Å². The first-order valence-corrected chi connectivity index (χ1v) is 9.29. The second-order valence-corrected chi connectivity index (χ2v) is 7.30. The fraction of sp³-hybridized carbons (Fsp3) is 0.0417. The molecule has 6 aromatic rings. The highest BCUT2D eigenvalue weighted by Crippen LogP contribution is 2.41. The number of pyridine rings is 1. The van der Waals surface area contributed by atoms with Crippen molar-refractivity contribution < 1.29 is 0 Å². The number of nitrogens with zero attached hydrogens (tertiary/aromatic N) is 3. The lowest BCUT2D eigenvalue weighted by Gasteiger charge is -2.11. The third-order valence-corrected chi connectivity index (χ3v) is 5.97. The smallest absolute Gasteiger partial charge is 0.0982 e. The van der Waals surface area contributed by atoms with Crippen molar-refractivity contribution >= 4 is 43.7 Å². The molecule has 3 heteroatoms. The number of fused-ring (bicyclic) bond motifs is 8. The number of rotatable bonds is 0. The van der Waals surface area contributed by atoms with Crippen LogP contribution in [-0.4, -0.2) is 14.1 Å². The summed E-state index contributed by atoms with van der Waals surface area (Å²) in [6, 6.07) is 26.0. The number of hydrogen-bond donors (Lipinski definition) is 0. The summed E-state index contributed by atoms with van der Waals surface area (Å²) in [4.78, 5) is 4.93. The van der Waals surface area contributed by atoms with Crippen LogP contribution in [0.5, 0.6) is 0 Å². The van der Waals surface area contributed by atoms with Gasteiger partial charge in [-0.15, -0.1) is 0 Å². The van der Waals surface area contributed by atoms with Gasteiger partial charge in [-0.1, -0.05) is 54.6 Å². The second-order valence-electron chi connectivity index (χ2n) is 7.30. The van der Waals surface area contributed by atoms with Gasteiger partial charge < -0.3 is 9.13 Å². The van der Waals surface area contributed by atoms with Crippen LogP contribution in [0, 0.1) is 0 Å². The molecular weight excluding hydrogens is 330 g/mol. The molecule has 0 aliphatic carbocycles. The Morgan fingerprint density at radius 3 is 2.33 bits per heavy atom. The van der Waals surface area contributed by atoms with Crippen LogP contribution < -0.4 is 0 Å². The molecule has 3 aromatic carbocycles. The van der Waals surface area contributed by atoms with Gasteiger partial charge in [-0.2, -0.15) is 0 Å². The van der Waals surface area contributed by atoms with Crippen LogP contribution in [0.1, 0.15) is 5.56 Å². The molecular formula is C24H15N3. The predicted octanol–water partition coefficient (Wildman–Crippen LogP) is 5.65. The zero-order chi connectivity index (χ0) is 17.5. The van der Waals surface area contributed by atoms with Gasteiger partial charge in [-0.25, -0.2) is 0 Å². The first-order chi connectivity index (χ1) is 13.4. The van der Waals surface area contributed by atoms with Crippen molar-refractivity contribution in [3.8, 4) is 5.69 Å². The van der Waals surface area contributed by atoms with E-state index in [-0.39, 0.29) is 0 Å². The molecule has 4 heterocycles. The van der Waals surface area contributed by atoms with Crippen molar-refractivity contribution in [1.29, 1.82) is 0 Å². The van der Waals surface area contributed by atoms with E-state index in [9.17, 15) is 0 Å². The lowest BCUT2D eigenvalue weighted by molar-refractivity contribution is 0.872. The third-order valence-electron chi connectivity index (χ3n) is 5.97. The maximum atomic E-state index is 4.93. The van der Waals surface area contributed by atoms with Gasteiger partial charge in [-0.3, -0.25) is 4.98 Å². The summed E-state index contributed by atoms with van der Waals surface area (Å²) in [7, 11) is 0. The van der Waals surface area contributed by atoms with Crippen LogP contribution >= 0.6 is 0 Å². The molecule has 0 amide bonds. The molecule has 7 rings (SSSR count). The van der Waals surface area contributed by atoms with E-state index in [1.165, 1.54) is 49.5 Å². The van der Waals surface area contributed by atoms with E-state index < -0.39 is 0 Å². The van der Waals surface area contributed by atoms with E-state index in [2.05, 4.69) is 88.1 Å². The van der Waals surface area contributed by atoms with Gasteiger partial charge >= 0.3 is 0 Å². The SMILES string of the molecule is c1ccc2c(c1)Cn1c3ccccc3c3ncc4c5ccccc5n-2c4c31. The van der Waals surface area contributed by atoms with E-state index in [0.29, 0.717) is 0 Å². The molecule has 0 bridgehead atoms. The minimum absolute atomic E-state index is 0.858. The van der Waals surface area contributed by atoms with Gasteiger partial charge in [0, 0.05) is 22.4 Å². The van der Waals surface area contributed by atoms with E-state index in [4.69, 9.17) is 4.98 Å². The summed E-state index contributed by atoms with van der Waals surface area (Å²) >= 11 is 0. The van der Waals surface area contributed by atoms with Crippen molar-refractivity contribution in [2.45, 2.75) is 6.54 Å². The van der Waals surface area contributed by atoms with E-state index in [1.54, 1.807) is 0 Å². The lowest BCUT2D eigenvalue weighted by atomic mass is 10.1. The standard InChI is InChI=1S/C24H15N3/c1-4-10-19-15(7-1)14-26-20-11-5-3-9-17(20)22-24(26)23-18(13-25-22)16-8-2-6-12-21(16)27(19)23/h1-13H,14H2. The Balaban J connectivity index is 1.89. The quantitative estimate of drug-likeness (QED) is 0.348. The highest BCUT2D eigenvalue weighted by Gasteiger charge is 2.24. The first kappa shape index (κ1) is 13.6. The highest BCUT2D eigenvalue weighted by atomic mass is 15.1. The number of para-hydroxylation sites is 3. The Morgan fingerprint density at radius 1 is 0.667 bits per heavy atom. The number of benzene rings is 3. The average Bonchev–Trinajstić information content (AvgIpc) is 3.16. The summed E-state index contributed by atoms with van der Waals surface area (Å²) in [5, 5.41) is 3.71. The van der Waals surface area contributed by atoms with Crippen molar-refractivity contribution in [2.75, 3.05) is 0 Å². The minimum atomic E-state index is 0.858. The summed E-state index contributed by atoms with van der Waals surface area (Å²) in [5.74, 6) is 0. The Labute approximate surface area is 155 Å². The molecule has 1 aliphatic rings. The molecule has 0 unspecified atom stereocenters. The van der Waals surface area contributed by atoms with Gasteiger partial charge in [0.1, 0.15) is 0 Å². The maximum absolute atomic E-state index is 4.93. The van der Waals surface area contributed by atoms with Crippen LogP contribution in [0.2, 0.25) is 0 Å². The topological polar surface area (TPSA) is 22.8 Å². The molecule has 3 nitrogen and oxygen atoms in total. The molecule has 0 fully saturated rings. The first-order valence-electron chi connectivity index (χ1n) is 9.29. The molecule has 3 aromatic heterocycles. The largest absolute Gasteiger partial charge is 0.333 e. The number of hydrogen-bond acceptors (Lipinski definition) is 1. The molecule has 0 radical (unpaired) electrons. The van der Waals surface area contributed by atoms with Gasteiger partial charge in [0.15, 0.2) is 0 Å². The Bertz CT molecular complexity index is 1550. The van der Waals surface area contributed by atoms with E-state index in [1.807, 2.05) is 0 Å². The van der Waals surface area contributed by atoms with Crippen molar-refractivity contribution in [1.82, 2.24) is 14.1 Å². The summed E-state index contributed by atoms with van der Waals surface area (Å²) in [6.07, 6.45) is 2.06. The molecule has 0 saturated heterocycles. The summed E-state index contributed by atoms with van der Waals surface area (Å²) < 4.78 is 4.88. The van der Waals surface area contributed by atoms with Crippen molar-refractivity contribution in [3.63, 3.8) is 0 Å². The van der Waals surface area contributed by atoms with Crippen LogP contribution in [0.25, 0.3) is 49.4 Å². The summed E-state index contributed by atoms with van der Waals surface area (Å²) in [6.45, 7) is 0.858. The lowest BCUT2D eigenvalue weighted by Crippen LogP contribution is -2.00. The molecule has 1 aliphatic heterocycles. The molecule has 126 valence electrons. The Hall–Kier alpha value is -3.59.